The lowest BCUT2D eigenvalue weighted by Crippen LogP contribution is -2.04. The number of hydrogen-bond donors (Lipinski definition) is 0. The fourth-order valence-corrected chi connectivity index (χ4v) is 2.68. The Morgan fingerprint density at radius 3 is 2.43 bits per heavy atom. The highest BCUT2D eigenvalue weighted by Gasteiger charge is 2.40. The number of ether oxygens (including phenoxy) is 1. The first-order valence-electron chi connectivity index (χ1n) is 7.64. The molecular formula is C19H19NO3. The van der Waals surface area contributed by atoms with E-state index < -0.39 is 5.97 Å². The Bertz CT molecular complexity index is 707. The Labute approximate surface area is 135 Å². The monoisotopic (exact) mass is 309 g/mol. The van der Waals surface area contributed by atoms with Gasteiger partial charge in [-0.15, -0.1) is 0 Å². The molecule has 0 spiro atoms. The van der Waals surface area contributed by atoms with Crippen LogP contribution in [0, 0.1) is 5.92 Å². The minimum atomic E-state index is -0.424. The number of carbonyl (C=O) groups is 1. The molecule has 3 rings (SSSR count). The van der Waals surface area contributed by atoms with Gasteiger partial charge in [0.25, 0.3) is 0 Å². The van der Waals surface area contributed by atoms with Crippen molar-refractivity contribution in [1.29, 1.82) is 0 Å². The first-order chi connectivity index (χ1) is 11.2. The topological polar surface area (TPSA) is 47.9 Å². The minimum absolute atomic E-state index is 0.340. The first-order valence-corrected chi connectivity index (χ1v) is 7.64. The largest absolute Gasteiger partial charge is 0.497 e. The molecule has 118 valence electrons. The zero-order valence-electron chi connectivity index (χ0n) is 13.2. The van der Waals surface area contributed by atoms with Crippen molar-refractivity contribution in [3.8, 4) is 5.75 Å². The smallest absolute Gasteiger partial charge is 0.365 e. The van der Waals surface area contributed by atoms with Gasteiger partial charge in [0.1, 0.15) is 5.75 Å². The molecule has 2 aromatic carbocycles. The van der Waals surface area contributed by atoms with Gasteiger partial charge >= 0.3 is 5.97 Å². The lowest BCUT2D eigenvalue weighted by molar-refractivity contribution is 0.0514. The number of methoxy groups -OCH3 is 1. The van der Waals surface area contributed by atoms with E-state index in [2.05, 4.69) is 17.3 Å². The molecule has 0 radical (unpaired) electrons. The van der Waals surface area contributed by atoms with Gasteiger partial charge in [-0.2, -0.15) is 0 Å². The third kappa shape index (κ3) is 3.59. The van der Waals surface area contributed by atoms with Crippen LogP contribution >= 0.6 is 0 Å². The second-order valence-electron chi connectivity index (χ2n) is 5.70. The van der Waals surface area contributed by atoms with Crippen molar-refractivity contribution in [3.63, 3.8) is 0 Å². The molecule has 2 unspecified atom stereocenters. The summed E-state index contributed by atoms with van der Waals surface area (Å²) in [5.74, 6) is 1.21. The molecule has 23 heavy (non-hydrogen) atoms. The number of benzene rings is 2. The summed E-state index contributed by atoms with van der Waals surface area (Å²) in [6.07, 6.45) is 1.03. The Kier molecular flexibility index (Phi) is 4.42. The Morgan fingerprint density at radius 2 is 1.78 bits per heavy atom. The van der Waals surface area contributed by atoms with Crippen molar-refractivity contribution in [2.45, 2.75) is 19.3 Å². The van der Waals surface area contributed by atoms with Gasteiger partial charge in [-0.05, 0) is 49.1 Å². The van der Waals surface area contributed by atoms with Crippen molar-refractivity contribution in [2.24, 2.45) is 11.1 Å². The second kappa shape index (κ2) is 6.65. The third-order valence-electron chi connectivity index (χ3n) is 4.15. The molecule has 4 heteroatoms. The van der Waals surface area contributed by atoms with Crippen LogP contribution < -0.4 is 4.74 Å². The summed E-state index contributed by atoms with van der Waals surface area (Å²) in [7, 11) is 1.66. The zero-order valence-corrected chi connectivity index (χ0v) is 13.2. The quantitative estimate of drug-likeness (QED) is 0.476. The first kappa shape index (κ1) is 15.3. The molecule has 0 heterocycles. The van der Waals surface area contributed by atoms with Gasteiger partial charge in [0.05, 0.1) is 18.4 Å². The van der Waals surface area contributed by atoms with Gasteiger partial charge in [-0.3, -0.25) is 0 Å². The summed E-state index contributed by atoms with van der Waals surface area (Å²) in [6, 6.07) is 17.0. The van der Waals surface area contributed by atoms with Crippen LogP contribution in [0.4, 0.5) is 0 Å². The maximum atomic E-state index is 11.9. The van der Waals surface area contributed by atoms with E-state index in [-0.39, 0.29) is 0 Å². The molecule has 1 fully saturated rings. The number of carbonyl (C=O) groups excluding carboxylic acids is 1. The molecule has 1 aliphatic carbocycles. The molecule has 4 nitrogen and oxygen atoms in total. The standard InChI is InChI=1S/C19H19NO3/c1-13(20-23-19(21)15-6-4-3-5-7-15)17-12-18(17)14-8-10-16(22-2)11-9-14/h3-11,17-18H,12H2,1-2H3/b20-13+. The fourth-order valence-electron chi connectivity index (χ4n) is 2.68. The van der Waals surface area contributed by atoms with E-state index in [4.69, 9.17) is 9.57 Å². The summed E-state index contributed by atoms with van der Waals surface area (Å²) < 4.78 is 5.17. The van der Waals surface area contributed by atoms with Crippen molar-refractivity contribution >= 4 is 11.7 Å². The predicted molar refractivity (Wildman–Crippen MR) is 88.8 cm³/mol. The van der Waals surface area contributed by atoms with Crippen LogP contribution in [0.1, 0.15) is 35.2 Å². The molecule has 0 saturated heterocycles. The Morgan fingerprint density at radius 1 is 1.09 bits per heavy atom. The normalized spacial score (nSPS) is 20.0. The van der Waals surface area contributed by atoms with Crippen molar-refractivity contribution in [1.82, 2.24) is 0 Å². The molecule has 0 aliphatic heterocycles. The van der Waals surface area contributed by atoms with Crippen LogP contribution in [-0.2, 0) is 4.84 Å². The molecule has 1 saturated carbocycles. The van der Waals surface area contributed by atoms with E-state index >= 15 is 0 Å². The maximum Gasteiger partial charge on any atom is 0.365 e. The van der Waals surface area contributed by atoms with Gasteiger partial charge in [0.2, 0.25) is 0 Å². The highest BCUT2D eigenvalue weighted by molar-refractivity contribution is 5.91. The van der Waals surface area contributed by atoms with Crippen LogP contribution in [0.15, 0.2) is 59.8 Å². The van der Waals surface area contributed by atoms with E-state index in [1.807, 2.05) is 25.1 Å². The maximum absolute atomic E-state index is 11.9. The van der Waals surface area contributed by atoms with Gasteiger partial charge in [-0.1, -0.05) is 35.5 Å². The highest BCUT2D eigenvalue weighted by atomic mass is 16.7. The van der Waals surface area contributed by atoms with Gasteiger partial charge < -0.3 is 9.57 Å². The summed E-state index contributed by atoms with van der Waals surface area (Å²) in [6.45, 7) is 1.91. The molecule has 0 aromatic heterocycles. The Hall–Kier alpha value is -2.62. The van der Waals surface area contributed by atoms with Crippen LogP contribution in [0.2, 0.25) is 0 Å². The third-order valence-corrected chi connectivity index (χ3v) is 4.15. The average molecular weight is 309 g/mol. The molecule has 2 atom stereocenters. The van der Waals surface area contributed by atoms with Gasteiger partial charge in [0.15, 0.2) is 0 Å². The number of oxime groups is 1. The van der Waals surface area contributed by atoms with Crippen LogP contribution in [0.5, 0.6) is 5.75 Å². The molecule has 0 bridgehead atoms. The van der Waals surface area contributed by atoms with Crippen molar-refractivity contribution in [2.75, 3.05) is 7.11 Å². The Balaban J connectivity index is 1.59. The van der Waals surface area contributed by atoms with E-state index in [1.165, 1.54) is 5.56 Å². The highest BCUT2D eigenvalue weighted by Crippen LogP contribution is 2.48. The fraction of sp³-hybridized carbons (Fsp3) is 0.263. The van der Waals surface area contributed by atoms with Crippen LogP contribution in [-0.4, -0.2) is 18.8 Å². The van der Waals surface area contributed by atoms with E-state index in [9.17, 15) is 4.79 Å². The SMILES string of the molecule is COc1ccc(C2CC2/C(C)=N/OC(=O)c2ccccc2)cc1. The predicted octanol–water partition coefficient (Wildman–Crippen LogP) is 4.03. The molecule has 1 aliphatic rings. The number of hydrogen-bond acceptors (Lipinski definition) is 4. The van der Waals surface area contributed by atoms with Crippen molar-refractivity contribution < 1.29 is 14.4 Å². The number of rotatable bonds is 5. The van der Waals surface area contributed by atoms with Crippen LogP contribution in [0.25, 0.3) is 0 Å². The zero-order chi connectivity index (χ0) is 16.2. The second-order valence-corrected chi connectivity index (χ2v) is 5.70. The summed E-state index contributed by atoms with van der Waals surface area (Å²) in [5.41, 5.74) is 2.63. The summed E-state index contributed by atoms with van der Waals surface area (Å²) in [4.78, 5) is 16.9. The number of nitrogens with zero attached hydrogens (tertiary/aromatic N) is 1. The minimum Gasteiger partial charge on any atom is -0.497 e. The molecular weight excluding hydrogens is 290 g/mol. The van der Waals surface area contributed by atoms with Crippen molar-refractivity contribution in [3.05, 3.63) is 65.7 Å². The van der Waals surface area contributed by atoms with Gasteiger partial charge in [0, 0.05) is 5.92 Å². The summed E-state index contributed by atoms with van der Waals surface area (Å²) >= 11 is 0. The van der Waals surface area contributed by atoms with E-state index in [0.717, 1.165) is 17.9 Å². The van der Waals surface area contributed by atoms with E-state index in [1.54, 1.807) is 31.4 Å². The van der Waals surface area contributed by atoms with Crippen LogP contribution in [0.3, 0.4) is 0 Å². The lowest BCUT2D eigenvalue weighted by Gasteiger charge is -2.03. The molecule has 0 amide bonds. The molecule has 0 N–H and O–H groups in total. The van der Waals surface area contributed by atoms with E-state index in [0.29, 0.717) is 17.4 Å². The van der Waals surface area contributed by atoms with Gasteiger partial charge in [-0.25, -0.2) is 4.79 Å². The average Bonchev–Trinajstić information content (AvgIpc) is 3.41. The lowest BCUT2D eigenvalue weighted by atomic mass is 10.1. The summed E-state index contributed by atoms with van der Waals surface area (Å²) in [5, 5.41) is 4.01. The molecule has 2 aromatic rings.